The van der Waals surface area contributed by atoms with Gasteiger partial charge < -0.3 is 24.9 Å². The Morgan fingerprint density at radius 3 is 2.71 bits per heavy atom. The first-order valence-corrected chi connectivity index (χ1v) is 9.28. The SMILES string of the molecule is N=Cc1ccc(-c2noc(C3CCN(C=O)CC3)n2)cc1NC(=O)C1CCO1. The van der Waals surface area contributed by atoms with Gasteiger partial charge in [0.25, 0.3) is 5.91 Å². The lowest BCUT2D eigenvalue weighted by molar-refractivity contribution is -0.139. The zero-order valence-electron chi connectivity index (χ0n) is 15.3. The summed E-state index contributed by atoms with van der Waals surface area (Å²) < 4.78 is 10.7. The van der Waals surface area contributed by atoms with E-state index in [4.69, 9.17) is 14.7 Å². The van der Waals surface area contributed by atoms with Crippen LogP contribution in [0.15, 0.2) is 22.7 Å². The Balaban J connectivity index is 1.52. The van der Waals surface area contributed by atoms with Gasteiger partial charge in [0.1, 0.15) is 6.10 Å². The summed E-state index contributed by atoms with van der Waals surface area (Å²) in [6.45, 7) is 1.95. The minimum absolute atomic E-state index is 0.133. The van der Waals surface area contributed by atoms with Crippen molar-refractivity contribution in [1.82, 2.24) is 15.0 Å². The first-order chi connectivity index (χ1) is 13.7. The van der Waals surface area contributed by atoms with Crippen LogP contribution in [0.5, 0.6) is 0 Å². The van der Waals surface area contributed by atoms with Gasteiger partial charge in [0.05, 0.1) is 12.3 Å². The molecule has 28 heavy (non-hydrogen) atoms. The summed E-state index contributed by atoms with van der Waals surface area (Å²) in [4.78, 5) is 29.3. The van der Waals surface area contributed by atoms with E-state index in [1.165, 1.54) is 6.21 Å². The molecular weight excluding hydrogens is 362 g/mol. The fourth-order valence-corrected chi connectivity index (χ4v) is 3.36. The number of likely N-dealkylation sites (tertiary alicyclic amines) is 1. The first kappa shape index (κ1) is 18.3. The largest absolute Gasteiger partial charge is 0.368 e. The van der Waals surface area contributed by atoms with Crippen LogP contribution in [0.2, 0.25) is 0 Å². The van der Waals surface area contributed by atoms with Crippen LogP contribution in [0.25, 0.3) is 11.4 Å². The summed E-state index contributed by atoms with van der Waals surface area (Å²) in [6, 6.07) is 5.26. The molecule has 1 atom stereocenters. The molecule has 9 heteroatoms. The van der Waals surface area contributed by atoms with E-state index >= 15 is 0 Å². The van der Waals surface area contributed by atoms with E-state index in [1.807, 2.05) is 0 Å². The third kappa shape index (κ3) is 3.65. The maximum Gasteiger partial charge on any atom is 0.253 e. The third-order valence-electron chi connectivity index (χ3n) is 5.19. The van der Waals surface area contributed by atoms with Crippen molar-refractivity contribution in [2.24, 2.45) is 0 Å². The Morgan fingerprint density at radius 1 is 1.29 bits per heavy atom. The molecule has 1 unspecified atom stereocenters. The number of hydrogen-bond donors (Lipinski definition) is 2. The first-order valence-electron chi connectivity index (χ1n) is 9.28. The molecule has 0 bridgehead atoms. The van der Waals surface area contributed by atoms with Crippen LogP contribution < -0.4 is 5.32 Å². The fraction of sp³-hybridized carbons (Fsp3) is 0.421. The number of amides is 2. The molecule has 0 saturated carbocycles. The number of aromatic nitrogens is 2. The van der Waals surface area contributed by atoms with Crippen LogP contribution in [-0.4, -0.2) is 59.4 Å². The van der Waals surface area contributed by atoms with Crippen molar-refractivity contribution in [2.45, 2.75) is 31.3 Å². The molecule has 2 N–H and O–H groups in total. The molecule has 3 heterocycles. The number of piperidine rings is 1. The molecule has 9 nitrogen and oxygen atoms in total. The second-order valence-corrected chi connectivity index (χ2v) is 6.96. The van der Waals surface area contributed by atoms with Gasteiger partial charge in [-0.25, -0.2) is 0 Å². The number of nitrogens with zero attached hydrogens (tertiary/aromatic N) is 3. The van der Waals surface area contributed by atoms with Crippen molar-refractivity contribution in [3.8, 4) is 11.4 Å². The van der Waals surface area contributed by atoms with Gasteiger partial charge >= 0.3 is 0 Å². The molecule has 0 aliphatic carbocycles. The van der Waals surface area contributed by atoms with E-state index in [0.29, 0.717) is 54.6 Å². The van der Waals surface area contributed by atoms with Gasteiger partial charge in [-0.3, -0.25) is 9.59 Å². The van der Waals surface area contributed by atoms with E-state index in [9.17, 15) is 9.59 Å². The lowest BCUT2D eigenvalue weighted by Crippen LogP contribution is -2.39. The molecule has 1 aromatic heterocycles. The Morgan fingerprint density at radius 2 is 2.07 bits per heavy atom. The summed E-state index contributed by atoms with van der Waals surface area (Å²) in [5, 5.41) is 14.4. The van der Waals surface area contributed by atoms with Gasteiger partial charge in [0.2, 0.25) is 18.1 Å². The average molecular weight is 383 g/mol. The zero-order valence-corrected chi connectivity index (χ0v) is 15.3. The lowest BCUT2D eigenvalue weighted by Gasteiger charge is -2.26. The Bertz CT molecular complexity index is 884. The van der Waals surface area contributed by atoms with Crippen molar-refractivity contribution in [1.29, 1.82) is 5.41 Å². The van der Waals surface area contributed by atoms with E-state index < -0.39 is 6.10 Å². The van der Waals surface area contributed by atoms with Gasteiger partial charge in [-0.1, -0.05) is 17.3 Å². The summed E-state index contributed by atoms with van der Waals surface area (Å²) in [6.07, 6.45) is 3.89. The Labute approximate surface area is 161 Å². The van der Waals surface area contributed by atoms with E-state index in [1.54, 1.807) is 23.1 Å². The van der Waals surface area contributed by atoms with Crippen LogP contribution in [0, 0.1) is 5.41 Å². The smallest absolute Gasteiger partial charge is 0.253 e. The molecule has 2 saturated heterocycles. The summed E-state index contributed by atoms with van der Waals surface area (Å²) in [5.74, 6) is 0.903. The second-order valence-electron chi connectivity index (χ2n) is 6.96. The standard InChI is InChI=1S/C19H21N5O4/c20-10-14-2-1-13(9-15(14)21-18(26)16-5-8-27-16)17-22-19(28-23-17)12-3-6-24(11-25)7-4-12/h1-2,9-12,16,20H,3-8H2,(H,21,26). The van der Waals surface area contributed by atoms with Gasteiger partial charge in [-0.15, -0.1) is 0 Å². The summed E-state index contributed by atoms with van der Waals surface area (Å²) in [7, 11) is 0. The van der Waals surface area contributed by atoms with Gasteiger partial charge in [-0.2, -0.15) is 4.98 Å². The predicted octanol–water partition coefficient (Wildman–Crippen LogP) is 1.80. The third-order valence-corrected chi connectivity index (χ3v) is 5.19. The fourth-order valence-electron chi connectivity index (χ4n) is 3.36. The van der Waals surface area contributed by atoms with Gasteiger partial charge in [0.15, 0.2) is 0 Å². The van der Waals surface area contributed by atoms with E-state index in [2.05, 4.69) is 15.5 Å². The number of carbonyl (C=O) groups excluding carboxylic acids is 2. The normalized spacial score (nSPS) is 19.7. The minimum atomic E-state index is -0.434. The number of benzene rings is 1. The van der Waals surface area contributed by atoms with E-state index in [0.717, 1.165) is 19.3 Å². The number of ether oxygens (including phenoxy) is 1. The molecule has 2 fully saturated rings. The number of carbonyl (C=O) groups is 2. The molecule has 2 aliphatic rings. The summed E-state index contributed by atoms with van der Waals surface area (Å²) >= 11 is 0. The van der Waals surface area contributed by atoms with Gasteiger partial charge in [-0.05, 0) is 18.9 Å². The van der Waals surface area contributed by atoms with Crippen molar-refractivity contribution in [3.63, 3.8) is 0 Å². The molecule has 146 valence electrons. The monoisotopic (exact) mass is 383 g/mol. The highest BCUT2D eigenvalue weighted by molar-refractivity contribution is 6.00. The zero-order chi connectivity index (χ0) is 19.5. The number of anilines is 1. The molecular formula is C19H21N5O4. The van der Waals surface area contributed by atoms with Crippen LogP contribution in [0.1, 0.15) is 36.6 Å². The second kappa shape index (κ2) is 7.89. The highest BCUT2D eigenvalue weighted by Gasteiger charge is 2.27. The predicted molar refractivity (Wildman–Crippen MR) is 100 cm³/mol. The van der Waals surface area contributed by atoms with Crippen LogP contribution in [-0.2, 0) is 14.3 Å². The lowest BCUT2D eigenvalue weighted by atomic mass is 9.97. The quantitative estimate of drug-likeness (QED) is 0.579. The van der Waals surface area contributed by atoms with E-state index in [-0.39, 0.29) is 11.8 Å². The Hall–Kier alpha value is -3.07. The van der Waals surface area contributed by atoms with Crippen molar-refractivity contribution in [2.75, 3.05) is 25.0 Å². The molecule has 4 rings (SSSR count). The molecule has 2 aromatic rings. The van der Waals surface area contributed by atoms with Crippen LogP contribution in [0.3, 0.4) is 0 Å². The topological polar surface area (TPSA) is 121 Å². The van der Waals surface area contributed by atoms with Crippen LogP contribution in [0.4, 0.5) is 5.69 Å². The van der Waals surface area contributed by atoms with Crippen molar-refractivity contribution < 1.29 is 18.8 Å². The van der Waals surface area contributed by atoms with Crippen molar-refractivity contribution >= 4 is 24.2 Å². The molecule has 0 spiro atoms. The highest BCUT2D eigenvalue weighted by atomic mass is 16.5. The van der Waals surface area contributed by atoms with Crippen LogP contribution >= 0.6 is 0 Å². The number of hydrogen-bond acceptors (Lipinski definition) is 7. The molecule has 0 radical (unpaired) electrons. The Kier molecular flexibility index (Phi) is 5.16. The van der Waals surface area contributed by atoms with Gasteiger partial charge in [0, 0.05) is 42.8 Å². The molecule has 2 amide bonds. The maximum atomic E-state index is 12.2. The number of rotatable bonds is 6. The maximum absolute atomic E-state index is 12.2. The van der Waals surface area contributed by atoms with Crippen molar-refractivity contribution in [3.05, 3.63) is 29.7 Å². The molecule has 2 aliphatic heterocycles. The molecule has 1 aromatic carbocycles. The highest BCUT2D eigenvalue weighted by Crippen LogP contribution is 2.29. The summed E-state index contributed by atoms with van der Waals surface area (Å²) in [5.41, 5.74) is 1.79. The number of nitrogens with one attached hydrogen (secondary N) is 2. The average Bonchev–Trinajstić information content (AvgIpc) is 3.17. The minimum Gasteiger partial charge on any atom is -0.368 e.